The van der Waals surface area contributed by atoms with Crippen molar-refractivity contribution < 1.29 is 28.6 Å². The Bertz CT molecular complexity index is 1430. The molecule has 0 bridgehead atoms. The fourth-order valence-corrected chi connectivity index (χ4v) is 4.55. The number of carbonyl (C=O) groups excluding carboxylic acids is 3. The number of benzene rings is 4. The molecule has 1 atom stereocenters. The van der Waals surface area contributed by atoms with Crippen molar-refractivity contribution in [1.82, 2.24) is 4.90 Å². The second kappa shape index (κ2) is 9.54. The SMILES string of the molecule is COC(=O)C(Cc1ccc2ccc3cccc4ccc1c2c34)N(C(=O)OC(C)(C)C)C(=O)OC(C)(C)C. The van der Waals surface area contributed by atoms with E-state index < -0.39 is 35.4 Å². The van der Waals surface area contributed by atoms with Crippen LogP contribution in [0.5, 0.6) is 0 Å². The maximum Gasteiger partial charge on any atom is 0.420 e. The lowest BCUT2D eigenvalue weighted by Gasteiger charge is -2.32. The maximum atomic E-state index is 13.3. The zero-order valence-corrected chi connectivity index (χ0v) is 22.4. The minimum atomic E-state index is -1.30. The summed E-state index contributed by atoms with van der Waals surface area (Å²) in [6, 6.07) is 17.0. The van der Waals surface area contributed by atoms with Crippen LogP contribution in [0.3, 0.4) is 0 Å². The van der Waals surface area contributed by atoms with Gasteiger partial charge in [0.25, 0.3) is 0 Å². The number of hydrogen-bond acceptors (Lipinski definition) is 6. The zero-order valence-electron chi connectivity index (χ0n) is 22.4. The van der Waals surface area contributed by atoms with E-state index in [0.29, 0.717) is 0 Å². The van der Waals surface area contributed by atoms with Gasteiger partial charge in [0, 0.05) is 6.42 Å². The molecule has 4 aromatic rings. The quantitative estimate of drug-likeness (QED) is 0.172. The number of carbonyl (C=O) groups is 3. The molecular weight excluding hydrogens is 470 g/mol. The third-order valence-electron chi connectivity index (χ3n) is 6.00. The van der Waals surface area contributed by atoms with Crippen LogP contribution in [0.2, 0.25) is 0 Å². The van der Waals surface area contributed by atoms with Crippen LogP contribution in [-0.2, 0) is 25.4 Å². The van der Waals surface area contributed by atoms with Gasteiger partial charge in [0.15, 0.2) is 0 Å². The van der Waals surface area contributed by atoms with Crippen LogP contribution in [0.15, 0.2) is 54.6 Å². The normalized spacial score (nSPS) is 13.1. The molecule has 0 aliphatic carbocycles. The molecule has 0 saturated carbocycles. The fraction of sp³-hybridized carbons (Fsp3) is 0.367. The highest BCUT2D eigenvalue weighted by Gasteiger charge is 2.41. The van der Waals surface area contributed by atoms with Gasteiger partial charge >= 0.3 is 18.2 Å². The largest absolute Gasteiger partial charge is 0.467 e. The van der Waals surface area contributed by atoms with Crippen molar-refractivity contribution >= 4 is 50.5 Å². The van der Waals surface area contributed by atoms with Gasteiger partial charge in [-0.05, 0) is 79.4 Å². The van der Waals surface area contributed by atoms with Gasteiger partial charge in [0.05, 0.1) is 7.11 Å². The second-order valence-corrected chi connectivity index (χ2v) is 11.2. The number of hydrogen-bond donors (Lipinski definition) is 0. The third kappa shape index (κ3) is 5.45. The van der Waals surface area contributed by atoms with Gasteiger partial charge in [-0.15, -0.1) is 0 Å². The second-order valence-electron chi connectivity index (χ2n) is 11.2. The van der Waals surface area contributed by atoms with Gasteiger partial charge in [-0.3, -0.25) is 0 Å². The summed E-state index contributed by atoms with van der Waals surface area (Å²) in [5, 5.41) is 6.42. The Morgan fingerprint density at radius 1 is 0.730 bits per heavy atom. The maximum absolute atomic E-state index is 13.3. The van der Waals surface area contributed by atoms with Gasteiger partial charge in [0.1, 0.15) is 17.2 Å². The third-order valence-corrected chi connectivity index (χ3v) is 6.00. The summed E-state index contributed by atoms with van der Waals surface area (Å²) in [6.45, 7) is 10.1. The van der Waals surface area contributed by atoms with Crippen LogP contribution in [0.1, 0.15) is 47.1 Å². The molecule has 0 radical (unpaired) electrons. The molecule has 0 heterocycles. The van der Waals surface area contributed by atoms with Gasteiger partial charge < -0.3 is 14.2 Å². The Kier molecular flexibility index (Phi) is 6.76. The molecule has 0 aliphatic heterocycles. The van der Waals surface area contributed by atoms with E-state index in [1.54, 1.807) is 41.5 Å². The highest BCUT2D eigenvalue weighted by atomic mass is 16.6. The number of methoxy groups -OCH3 is 1. The molecule has 4 aromatic carbocycles. The first-order chi connectivity index (χ1) is 17.3. The molecule has 0 spiro atoms. The summed E-state index contributed by atoms with van der Waals surface area (Å²) in [5.41, 5.74) is -1.01. The molecular formula is C30H33NO6. The topological polar surface area (TPSA) is 82.1 Å². The number of imide groups is 1. The van der Waals surface area contributed by atoms with Crippen molar-refractivity contribution in [2.24, 2.45) is 0 Å². The summed E-state index contributed by atoms with van der Waals surface area (Å²) in [7, 11) is 1.22. The Morgan fingerprint density at radius 2 is 1.22 bits per heavy atom. The molecule has 0 aliphatic rings. The van der Waals surface area contributed by atoms with E-state index >= 15 is 0 Å². The Hall–Kier alpha value is -3.87. The molecule has 194 valence electrons. The van der Waals surface area contributed by atoms with Crippen LogP contribution < -0.4 is 0 Å². The van der Waals surface area contributed by atoms with Crippen LogP contribution in [-0.4, -0.2) is 47.4 Å². The standard InChI is InChI=1S/C30H33NO6/c1-29(2,3)36-27(33)31(28(34)37-30(4,5)6)23(26(32)35-7)17-21-14-13-20-12-11-18-9-8-10-19-15-16-22(21)25(20)24(18)19/h8-16,23H,17H2,1-7H3. The monoisotopic (exact) mass is 503 g/mol. The van der Waals surface area contributed by atoms with Gasteiger partial charge in [-0.1, -0.05) is 54.6 Å². The first-order valence-corrected chi connectivity index (χ1v) is 12.3. The summed E-state index contributed by atoms with van der Waals surface area (Å²) >= 11 is 0. The van der Waals surface area contributed by atoms with Crippen molar-refractivity contribution in [3.05, 3.63) is 60.2 Å². The minimum absolute atomic E-state index is 0.0271. The number of amides is 2. The lowest BCUT2D eigenvalue weighted by Crippen LogP contribution is -2.53. The Labute approximate surface area is 216 Å². The summed E-state index contributed by atoms with van der Waals surface area (Å²) < 4.78 is 16.1. The number of esters is 1. The van der Waals surface area contributed by atoms with Crippen LogP contribution in [0.25, 0.3) is 32.3 Å². The molecule has 0 saturated heterocycles. The average Bonchev–Trinajstić information content (AvgIpc) is 2.80. The summed E-state index contributed by atoms with van der Waals surface area (Å²) in [6.07, 6.45) is -1.93. The smallest absolute Gasteiger partial charge is 0.420 e. The number of rotatable bonds is 4. The molecule has 2 amide bonds. The van der Waals surface area contributed by atoms with Crippen molar-refractivity contribution in [2.45, 2.75) is 65.2 Å². The lowest BCUT2D eigenvalue weighted by molar-refractivity contribution is -0.146. The van der Waals surface area contributed by atoms with Crippen molar-refractivity contribution in [2.75, 3.05) is 7.11 Å². The Morgan fingerprint density at radius 3 is 1.73 bits per heavy atom. The van der Waals surface area contributed by atoms with Crippen molar-refractivity contribution in [3.63, 3.8) is 0 Å². The summed E-state index contributed by atoms with van der Waals surface area (Å²) in [4.78, 5) is 40.4. The predicted molar refractivity (Wildman–Crippen MR) is 144 cm³/mol. The molecule has 4 rings (SSSR count). The van der Waals surface area contributed by atoms with Crippen LogP contribution >= 0.6 is 0 Å². The average molecular weight is 504 g/mol. The highest BCUT2D eigenvalue weighted by molar-refractivity contribution is 6.23. The number of ether oxygens (including phenoxy) is 3. The molecule has 7 nitrogen and oxygen atoms in total. The minimum Gasteiger partial charge on any atom is -0.467 e. The molecule has 0 fully saturated rings. The van der Waals surface area contributed by atoms with Gasteiger partial charge in [-0.2, -0.15) is 4.90 Å². The first kappa shape index (κ1) is 26.2. The predicted octanol–water partition coefficient (Wildman–Crippen LogP) is 6.84. The van der Waals surface area contributed by atoms with E-state index in [1.165, 1.54) is 7.11 Å². The number of nitrogens with zero attached hydrogens (tertiary/aromatic N) is 1. The van der Waals surface area contributed by atoms with Crippen LogP contribution in [0, 0.1) is 0 Å². The van der Waals surface area contributed by atoms with E-state index in [0.717, 1.165) is 42.8 Å². The zero-order chi connectivity index (χ0) is 27.1. The molecule has 7 heteroatoms. The lowest BCUT2D eigenvalue weighted by atomic mass is 9.90. The molecule has 1 unspecified atom stereocenters. The van der Waals surface area contributed by atoms with E-state index in [9.17, 15) is 14.4 Å². The van der Waals surface area contributed by atoms with E-state index in [2.05, 4.69) is 24.3 Å². The Balaban J connectivity index is 1.84. The summed E-state index contributed by atoms with van der Waals surface area (Å²) in [5.74, 6) is -0.748. The van der Waals surface area contributed by atoms with Crippen LogP contribution in [0.4, 0.5) is 9.59 Å². The molecule has 0 aromatic heterocycles. The first-order valence-electron chi connectivity index (χ1n) is 12.3. The van der Waals surface area contributed by atoms with E-state index in [4.69, 9.17) is 14.2 Å². The van der Waals surface area contributed by atoms with Gasteiger partial charge in [-0.25, -0.2) is 14.4 Å². The van der Waals surface area contributed by atoms with E-state index in [1.807, 2.05) is 30.3 Å². The van der Waals surface area contributed by atoms with Gasteiger partial charge in [0.2, 0.25) is 0 Å². The molecule has 37 heavy (non-hydrogen) atoms. The molecule has 0 N–H and O–H groups in total. The van der Waals surface area contributed by atoms with Crippen molar-refractivity contribution in [1.29, 1.82) is 0 Å². The van der Waals surface area contributed by atoms with E-state index in [-0.39, 0.29) is 6.42 Å². The van der Waals surface area contributed by atoms with Crippen molar-refractivity contribution in [3.8, 4) is 0 Å². The fourth-order valence-electron chi connectivity index (χ4n) is 4.55. The highest BCUT2D eigenvalue weighted by Crippen LogP contribution is 2.36.